The SMILES string of the molecule is COCCOCCCCNC(=O)NCC(C)CCC(=O)O. The van der Waals surface area contributed by atoms with Crippen LogP contribution in [-0.4, -0.2) is 57.1 Å². The van der Waals surface area contributed by atoms with Gasteiger partial charge in [0, 0.05) is 33.2 Å². The Hall–Kier alpha value is -1.34. The van der Waals surface area contributed by atoms with E-state index in [2.05, 4.69) is 10.6 Å². The van der Waals surface area contributed by atoms with Crippen molar-refractivity contribution in [2.24, 2.45) is 5.92 Å². The molecule has 1 atom stereocenters. The number of amides is 2. The van der Waals surface area contributed by atoms with E-state index in [0.29, 0.717) is 39.3 Å². The molecule has 0 bridgehead atoms. The number of carboxylic acid groups (broad SMARTS) is 1. The monoisotopic (exact) mass is 304 g/mol. The summed E-state index contributed by atoms with van der Waals surface area (Å²) in [6.07, 6.45) is 2.44. The van der Waals surface area contributed by atoms with Crippen molar-refractivity contribution in [2.45, 2.75) is 32.6 Å². The molecule has 7 nitrogen and oxygen atoms in total. The van der Waals surface area contributed by atoms with Crippen molar-refractivity contribution < 1.29 is 24.2 Å². The molecule has 21 heavy (non-hydrogen) atoms. The average Bonchev–Trinajstić information content (AvgIpc) is 2.45. The van der Waals surface area contributed by atoms with Crippen LogP contribution in [0.3, 0.4) is 0 Å². The fourth-order valence-electron chi connectivity index (χ4n) is 1.58. The van der Waals surface area contributed by atoms with Gasteiger partial charge < -0.3 is 25.2 Å². The molecule has 0 fully saturated rings. The van der Waals surface area contributed by atoms with Gasteiger partial charge in [-0.2, -0.15) is 0 Å². The molecular formula is C14H28N2O5. The molecule has 0 radical (unpaired) electrons. The Morgan fingerprint density at radius 2 is 1.90 bits per heavy atom. The second kappa shape index (κ2) is 13.6. The van der Waals surface area contributed by atoms with Gasteiger partial charge in [-0.1, -0.05) is 6.92 Å². The number of carbonyl (C=O) groups excluding carboxylic acids is 1. The Morgan fingerprint density at radius 1 is 1.14 bits per heavy atom. The van der Waals surface area contributed by atoms with E-state index in [4.69, 9.17) is 14.6 Å². The molecule has 0 aromatic heterocycles. The number of nitrogens with one attached hydrogen (secondary N) is 2. The minimum Gasteiger partial charge on any atom is -0.481 e. The van der Waals surface area contributed by atoms with Gasteiger partial charge in [0.1, 0.15) is 0 Å². The molecule has 0 heterocycles. The largest absolute Gasteiger partial charge is 0.481 e. The molecular weight excluding hydrogens is 276 g/mol. The predicted octanol–water partition coefficient (Wildman–Crippen LogP) is 1.23. The third kappa shape index (κ3) is 14.9. The van der Waals surface area contributed by atoms with Crippen LogP contribution in [0.4, 0.5) is 4.79 Å². The molecule has 0 aliphatic heterocycles. The lowest BCUT2D eigenvalue weighted by atomic mass is 10.1. The summed E-state index contributed by atoms with van der Waals surface area (Å²) in [4.78, 5) is 21.9. The summed E-state index contributed by atoms with van der Waals surface area (Å²) in [6.45, 7) is 4.86. The van der Waals surface area contributed by atoms with Crippen molar-refractivity contribution in [3.05, 3.63) is 0 Å². The second-order valence-corrected chi connectivity index (χ2v) is 4.99. The van der Waals surface area contributed by atoms with Crippen LogP contribution in [0.2, 0.25) is 0 Å². The number of methoxy groups -OCH3 is 1. The number of hydrogen-bond acceptors (Lipinski definition) is 4. The molecule has 0 aromatic carbocycles. The van der Waals surface area contributed by atoms with Crippen LogP contribution in [0.15, 0.2) is 0 Å². The summed E-state index contributed by atoms with van der Waals surface area (Å²) in [5.41, 5.74) is 0. The first kappa shape index (κ1) is 19.7. The summed E-state index contributed by atoms with van der Waals surface area (Å²) >= 11 is 0. The Kier molecular flexibility index (Phi) is 12.8. The molecule has 0 rings (SSSR count). The maximum Gasteiger partial charge on any atom is 0.314 e. The zero-order valence-corrected chi connectivity index (χ0v) is 13.0. The average molecular weight is 304 g/mol. The van der Waals surface area contributed by atoms with Crippen LogP contribution in [0, 0.1) is 5.92 Å². The van der Waals surface area contributed by atoms with Crippen molar-refractivity contribution in [1.82, 2.24) is 10.6 Å². The van der Waals surface area contributed by atoms with Gasteiger partial charge >= 0.3 is 12.0 Å². The van der Waals surface area contributed by atoms with E-state index in [1.165, 1.54) is 0 Å². The van der Waals surface area contributed by atoms with Gasteiger partial charge in [0.25, 0.3) is 0 Å². The number of urea groups is 1. The topological polar surface area (TPSA) is 96.9 Å². The Balaban J connectivity index is 3.36. The third-order valence-electron chi connectivity index (χ3n) is 2.89. The van der Waals surface area contributed by atoms with E-state index < -0.39 is 5.97 Å². The van der Waals surface area contributed by atoms with Crippen molar-refractivity contribution >= 4 is 12.0 Å². The highest BCUT2D eigenvalue weighted by Crippen LogP contribution is 2.03. The fraction of sp³-hybridized carbons (Fsp3) is 0.857. The Bertz CT molecular complexity index is 287. The lowest BCUT2D eigenvalue weighted by Crippen LogP contribution is -2.38. The fourth-order valence-corrected chi connectivity index (χ4v) is 1.58. The molecule has 0 aliphatic carbocycles. The van der Waals surface area contributed by atoms with E-state index in [-0.39, 0.29) is 18.4 Å². The third-order valence-corrected chi connectivity index (χ3v) is 2.89. The van der Waals surface area contributed by atoms with E-state index in [0.717, 1.165) is 12.8 Å². The molecule has 0 saturated heterocycles. The zero-order valence-electron chi connectivity index (χ0n) is 13.0. The molecule has 1 unspecified atom stereocenters. The molecule has 124 valence electrons. The Morgan fingerprint density at radius 3 is 2.57 bits per heavy atom. The highest BCUT2D eigenvalue weighted by Gasteiger charge is 2.07. The lowest BCUT2D eigenvalue weighted by Gasteiger charge is -2.12. The van der Waals surface area contributed by atoms with Crippen molar-refractivity contribution in [1.29, 1.82) is 0 Å². The molecule has 0 aliphatic rings. The number of rotatable bonds is 13. The van der Waals surface area contributed by atoms with Gasteiger partial charge in [-0.15, -0.1) is 0 Å². The van der Waals surface area contributed by atoms with Gasteiger partial charge in [0.15, 0.2) is 0 Å². The summed E-state index contributed by atoms with van der Waals surface area (Å²) < 4.78 is 10.2. The molecule has 0 spiro atoms. The first-order valence-corrected chi connectivity index (χ1v) is 7.36. The van der Waals surface area contributed by atoms with Gasteiger partial charge in [-0.25, -0.2) is 4.79 Å². The summed E-state index contributed by atoms with van der Waals surface area (Å²) in [5.74, 6) is -0.653. The molecule has 7 heteroatoms. The molecule has 2 amide bonds. The van der Waals surface area contributed by atoms with Crippen LogP contribution >= 0.6 is 0 Å². The van der Waals surface area contributed by atoms with Crippen LogP contribution in [0.1, 0.15) is 32.6 Å². The summed E-state index contributed by atoms with van der Waals surface area (Å²) in [6, 6.07) is -0.211. The molecule has 0 saturated carbocycles. The number of aliphatic carboxylic acids is 1. The van der Waals surface area contributed by atoms with E-state index >= 15 is 0 Å². The van der Waals surface area contributed by atoms with Crippen LogP contribution in [0.5, 0.6) is 0 Å². The van der Waals surface area contributed by atoms with Gasteiger partial charge in [-0.05, 0) is 25.2 Å². The minimum absolute atomic E-state index is 0.132. The summed E-state index contributed by atoms with van der Waals surface area (Å²) in [7, 11) is 1.63. The first-order valence-electron chi connectivity index (χ1n) is 7.36. The number of hydrogen-bond donors (Lipinski definition) is 3. The normalized spacial score (nSPS) is 11.9. The number of carbonyl (C=O) groups is 2. The van der Waals surface area contributed by atoms with Crippen molar-refractivity contribution in [3.8, 4) is 0 Å². The predicted molar refractivity (Wildman–Crippen MR) is 79.4 cm³/mol. The summed E-state index contributed by atoms with van der Waals surface area (Å²) in [5, 5.41) is 14.1. The standard InChI is InChI=1S/C14H28N2O5/c1-12(5-6-13(17)18)11-16-14(19)15-7-3-4-8-21-10-9-20-2/h12H,3-11H2,1-2H3,(H,17,18)(H2,15,16,19). The van der Waals surface area contributed by atoms with Crippen molar-refractivity contribution in [3.63, 3.8) is 0 Å². The Labute approximate surface area is 126 Å². The van der Waals surface area contributed by atoms with E-state index in [1.807, 2.05) is 6.92 Å². The lowest BCUT2D eigenvalue weighted by molar-refractivity contribution is -0.137. The zero-order chi connectivity index (χ0) is 15.9. The first-order chi connectivity index (χ1) is 10.1. The van der Waals surface area contributed by atoms with E-state index in [9.17, 15) is 9.59 Å². The highest BCUT2D eigenvalue weighted by molar-refractivity contribution is 5.73. The van der Waals surface area contributed by atoms with Crippen LogP contribution < -0.4 is 10.6 Å². The van der Waals surface area contributed by atoms with Gasteiger partial charge in [0.05, 0.1) is 13.2 Å². The van der Waals surface area contributed by atoms with E-state index in [1.54, 1.807) is 7.11 Å². The van der Waals surface area contributed by atoms with Gasteiger partial charge in [-0.3, -0.25) is 4.79 Å². The van der Waals surface area contributed by atoms with Crippen LogP contribution in [0.25, 0.3) is 0 Å². The maximum absolute atomic E-state index is 11.5. The number of ether oxygens (including phenoxy) is 2. The second-order valence-electron chi connectivity index (χ2n) is 4.99. The number of carboxylic acids is 1. The minimum atomic E-state index is -0.806. The number of unbranched alkanes of at least 4 members (excludes halogenated alkanes) is 1. The van der Waals surface area contributed by atoms with Crippen molar-refractivity contribution in [2.75, 3.05) is 40.0 Å². The quantitative estimate of drug-likeness (QED) is 0.445. The molecule has 3 N–H and O–H groups in total. The van der Waals surface area contributed by atoms with Crippen LogP contribution in [-0.2, 0) is 14.3 Å². The molecule has 0 aromatic rings. The smallest absolute Gasteiger partial charge is 0.314 e. The maximum atomic E-state index is 11.5. The highest BCUT2D eigenvalue weighted by atomic mass is 16.5. The van der Waals surface area contributed by atoms with Gasteiger partial charge in [0.2, 0.25) is 0 Å².